The molecule has 26 heavy (non-hydrogen) atoms. The number of hydrogen-bond acceptors (Lipinski definition) is 5. The van der Waals surface area contributed by atoms with Crippen molar-refractivity contribution >= 4 is 17.7 Å². The van der Waals surface area contributed by atoms with Gasteiger partial charge in [-0.25, -0.2) is 0 Å². The second kappa shape index (κ2) is 8.12. The van der Waals surface area contributed by atoms with Crippen molar-refractivity contribution < 1.29 is 9.53 Å². The van der Waals surface area contributed by atoms with Crippen LogP contribution in [0.3, 0.4) is 0 Å². The van der Waals surface area contributed by atoms with Gasteiger partial charge in [-0.15, -0.1) is 10.2 Å². The smallest absolute Gasteiger partial charge is 0.230 e. The zero-order chi connectivity index (χ0) is 18.7. The van der Waals surface area contributed by atoms with Gasteiger partial charge < -0.3 is 10.5 Å². The lowest BCUT2D eigenvalue weighted by atomic mass is 9.85. The van der Waals surface area contributed by atoms with Crippen molar-refractivity contribution in [3.63, 3.8) is 0 Å². The molecule has 3 atom stereocenters. The molecule has 1 aliphatic carbocycles. The number of aromatic nitrogens is 3. The van der Waals surface area contributed by atoms with Crippen molar-refractivity contribution in [1.82, 2.24) is 14.8 Å². The van der Waals surface area contributed by atoms with E-state index in [4.69, 9.17) is 10.5 Å². The highest BCUT2D eigenvalue weighted by Gasteiger charge is 2.29. The first-order valence-electron chi connectivity index (χ1n) is 9.06. The van der Waals surface area contributed by atoms with E-state index in [1.807, 2.05) is 31.2 Å². The fourth-order valence-electron chi connectivity index (χ4n) is 3.49. The quantitative estimate of drug-likeness (QED) is 0.780. The van der Waals surface area contributed by atoms with Gasteiger partial charge in [0.2, 0.25) is 5.91 Å². The molecule has 0 aliphatic heterocycles. The molecule has 0 spiro atoms. The summed E-state index contributed by atoms with van der Waals surface area (Å²) in [6.07, 6.45) is 4.75. The summed E-state index contributed by atoms with van der Waals surface area (Å²) in [5.74, 6) is 1.85. The maximum atomic E-state index is 11.5. The summed E-state index contributed by atoms with van der Waals surface area (Å²) < 4.78 is 7.47. The zero-order valence-corrected chi connectivity index (χ0v) is 16.3. The van der Waals surface area contributed by atoms with Crippen molar-refractivity contribution in [2.24, 2.45) is 11.7 Å². The molecule has 0 radical (unpaired) electrons. The summed E-state index contributed by atoms with van der Waals surface area (Å²) in [5.41, 5.74) is 6.45. The molecule has 140 valence electrons. The molecule has 7 heteroatoms. The van der Waals surface area contributed by atoms with Crippen molar-refractivity contribution in [1.29, 1.82) is 0 Å². The predicted octanol–water partition coefficient (Wildman–Crippen LogP) is 3.67. The fraction of sp³-hybridized carbons (Fsp3) is 0.526. The summed E-state index contributed by atoms with van der Waals surface area (Å²) >= 11 is 1.39. The van der Waals surface area contributed by atoms with Gasteiger partial charge in [-0.1, -0.05) is 31.5 Å². The summed E-state index contributed by atoms with van der Waals surface area (Å²) in [6.45, 7) is 4.09. The Morgan fingerprint density at radius 3 is 2.58 bits per heavy atom. The first-order valence-corrected chi connectivity index (χ1v) is 9.94. The number of primary amides is 1. The molecule has 0 saturated heterocycles. The van der Waals surface area contributed by atoms with E-state index in [0.29, 0.717) is 12.0 Å². The Morgan fingerprint density at radius 1 is 1.27 bits per heavy atom. The number of benzene rings is 1. The number of methoxy groups -OCH3 is 1. The molecule has 1 aromatic carbocycles. The second-order valence-corrected chi connectivity index (χ2v) is 8.20. The first-order chi connectivity index (χ1) is 12.5. The number of rotatable bonds is 6. The summed E-state index contributed by atoms with van der Waals surface area (Å²) in [5, 5.41) is 9.29. The van der Waals surface area contributed by atoms with Crippen LogP contribution in [0.4, 0.5) is 0 Å². The third-order valence-electron chi connectivity index (χ3n) is 5.09. The fourth-order valence-corrected chi connectivity index (χ4v) is 4.35. The van der Waals surface area contributed by atoms with Crippen LogP contribution in [0.15, 0.2) is 29.4 Å². The lowest BCUT2D eigenvalue weighted by Gasteiger charge is -2.31. The molecule has 1 fully saturated rings. The largest absolute Gasteiger partial charge is 0.497 e. The summed E-state index contributed by atoms with van der Waals surface area (Å²) in [4.78, 5) is 11.5. The maximum absolute atomic E-state index is 11.5. The van der Waals surface area contributed by atoms with E-state index in [1.54, 1.807) is 7.11 Å². The number of carbonyl (C=O) groups excluding carboxylic acids is 1. The average Bonchev–Trinajstić information content (AvgIpc) is 3.05. The lowest BCUT2D eigenvalue weighted by molar-refractivity contribution is -0.117. The van der Waals surface area contributed by atoms with Gasteiger partial charge in [0.25, 0.3) is 0 Å². The van der Waals surface area contributed by atoms with Crippen LogP contribution in [0, 0.1) is 5.92 Å². The first kappa shape index (κ1) is 18.8. The molecular formula is C19H26N4O2S. The standard InChI is InChI=1S/C19H26N4O2S/c1-12-6-4-5-7-16(12)23-18(14-8-10-15(25-3)11-9-14)21-22-19(23)26-13(2)17(20)24/h8-13,16H,4-7H2,1-3H3,(H2,20,24). The molecule has 3 unspecified atom stereocenters. The van der Waals surface area contributed by atoms with E-state index in [9.17, 15) is 4.79 Å². The molecule has 1 saturated carbocycles. The van der Waals surface area contributed by atoms with E-state index in [-0.39, 0.29) is 11.2 Å². The Labute approximate surface area is 158 Å². The van der Waals surface area contributed by atoms with Crippen LogP contribution in [-0.4, -0.2) is 33.0 Å². The van der Waals surface area contributed by atoms with Gasteiger partial charge in [0.15, 0.2) is 11.0 Å². The Bertz CT molecular complexity index is 759. The maximum Gasteiger partial charge on any atom is 0.230 e. The average molecular weight is 375 g/mol. The van der Waals surface area contributed by atoms with E-state index < -0.39 is 0 Å². The SMILES string of the molecule is COc1ccc(-c2nnc(SC(C)C(N)=O)n2C2CCCCC2C)cc1. The third-order valence-corrected chi connectivity index (χ3v) is 6.17. The van der Waals surface area contributed by atoms with Gasteiger partial charge in [-0.2, -0.15) is 0 Å². The number of nitrogens with zero attached hydrogens (tertiary/aromatic N) is 3. The minimum atomic E-state index is -0.347. The summed E-state index contributed by atoms with van der Waals surface area (Å²) in [6, 6.07) is 8.19. The lowest BCUT2D eigenvalue weighted by Crippen LogP contribution is -2.25. The van der Waals surface area contributed by atoms with E-state index >= 15 is 0 Å². The Kier molecular flexibility index (Phi) is 5.86. The van der Waals surface area contributed by atoms with Gasteiger partial charge in [0.05, 0.1) is 12.4 Å². The molecule has 1 aromatic heterocycles. The minimum absolute atomic E-state index is 0.332. The van der Waals surface area contributed by atoms with E-state index in [2.05, 4.69) is 21.7 Å². The molecule has 0 bridgehead atoms. The van der Waals surface area contributed by atoms with Gasteiger partial charge in [0.1, 0.15) is 5.75 Å². The van der Waals surface area contributed by atoms with Crippen molar-refractivity contribution in [2.75, 3.05) is 7.11 Å². The van der Waals surface area contributed by atoms with Crippen LogP contribution in [0.25, 0.3) is 11.4 Å². The highest BCUT2D eigenvalue weighted by Crippen LogP contribution is 2.39. The normalized spacial score (nSPS) is 21.3. The van der Waals surface area contributed by atoms with Crippen LogP contribution in [0.5, 0.6) is 5.75 Å². The number of hydrogen-bond donors (Lipinski definition) is 1. The van der Waals surface area contributed by atoms with Gasteiger partial charge in [0, 0.05) is 11.6 Å². The van der Waals surface area contributed by atoms with Crippen LogP contribution in [0.1, 0.15) is 45.6 Å². The molecule has 3 rings (SSSR count). The summed E-state index contributed by atoms with van der Waals surface area (Å²) in [7, 11) is 1.65. The number of amides is 1. The molecule has 1 aliphatic rings. The van der Waals surface area contributed by atoms with Crippen molar-refractivity contribution in [2.45, 2.75) is 56.0 Å². The highest BCUT2D eigenvalue weighted by atomic mass is 32.2. The van der Waals surface area contributed by atoms with E-state index in [0.717, 1.165) is 28.7 Å². The van der Waals surface area contributed by atoms with Crippen LogP contribution in [-0.2, 0) is 4.79 Å². The second-order valence-electron chi connectivity index (χ2n) is 6.90. The van der Waals surface area contributed by atoms with Gasteiger partial charge in [-0.3, -0.25) is 9.36 Å². The zero-order valence-electron chi connectivity index (χ0n) is 15.5. The Morgan fingerprint density at radius 2 is 1.96 bits per heavy atom. The molecule has 2 aromatic rings. The molecule has 1 heterocycles. The third kappa shape index (κ3) is 3.87. The van der Waals surface area contributed by atoms with Crippen LogP contribution in [0.2, 0.25) is 0 Å². The van der Waals surface area contributed by atoms with Crippen molar-refractivity contribution in [3.05, 3.63) is 24.3 Å². The number of carbonyl (C=O) groups is 1. The molecule has 2 N–H and O–H groups in total. The Hall–Kier alpha value is -2.02. The minimum Gasteiger partial charge on any atom is -0.497 e. The van der Waals surface area contributed by atoms with Crippen LogP contribution >= 0.6 is 11.8 Å². The van der Waals surface area contributed by atoms with Gasteiger partial charge in [-0.05, 0) is 49.9 Å². The molecular weight excluding hydrogens is 348 g/mol. The van der Waals surface area contributed by atoms with Gasteiger partial charge >= 0.3 is 0 Å². The molecule has 1 amide bonds. The molecule has 6 nitrogen and oxygen atoms in total. The van der Waals surface area contributed by atoms with E-state index in [1.165, 1.54) is 31.0 Å². The predicted molar refractivity (Wildman–Crippen MR) is 103 cm³/mol. The number of thioether (sulfide) groups is 1. The number of ether oxygens (including phenoxy) is 1. The Balaban J connectivity index is 2.02. The van der Waals surface area contributed by atoms with Crippen molar-refractivity contribution in [3.8, 4) is 17.1 Å². The monoisotopic (exact) mass is 374 g/mol. The topological polar surface area (TPSA) is 83.0 Å². The number of nitrogens with two attached hydrogens (primary N) is 1. The highest BCUT2D eigenvalue weighted by molar-refractivity contribution is 8.00. The van der Waals surface area contributed by atoms with Crippen LogP contribution < -0.4 is 10.5 Å².